The Balaban J connectivity index is 1.76. The molecule has 3 unspecified atom stereocenters. The molecular formula is C15H23N3O2. The Bertz CT molecular complexity index is 485. The van der Waals surface area contributed by atoms with Crippen molar-refractivity contribution in [2.45, 2.75) is 50.7 Å². The maximum atomic E-state index is 12.6. The fourth-order valence-corrected chi connectivity index (χ4v) is 3.78. The molecule has 1 saturated heterocycles. The molecule has 3 atom stereocenters. The average Bonchev–Trinajstić information content (AvgIpc) is 3.07. The number of carbonyl (C=O) groups is 1. The third kappa shape index (κ3) is 2.46. The van der Waals surface area contributed by atoms with Gasteiger partial charge in [0.25, 0.3) is 5.91 Å². The number of hydrogen-bond donors (Lipinski definition) is 1. The van der Waals surface area contributed by atoms with E-state index in [-0.39, 0.29) is 24.0 Å². The largest absolute Gasteiger partial charge is 0.393 e. The zero-order chi connectivity index (χ0) is 14.1. The summed E-state index contributed by atoms with van der Waals surface area (Å²) in [7, 11) is 1.82. The molecule has 2 aliphatic rings. The summed E-state index contributed by atoms with van der Waals surface area (Å²) in [6.45, 7) is 0.807. The molecule has 2 fully saturated rings. The molecule has 1 aromatic heterocycles. The lowest BCUT2D eigenvalue weighted by Crippen LogP contribution is -2.45. The summed E-state index contributed by atoms with van der Waals surface area (Å²) in [6, 6.07) is 0.206. The van der Waals surface area contributed by atoms with Crippen LogP contribution in [-0.4, -0.2) is 44.4 Å². The lowest BCUT2D eigenvalue weighted by molar-refractivity contribution is 0.0211. The molecule has 1 aliphatic carbocycles. The molecular weight excluding hydrogens is 254 g/mol. The van der Waals surface area contributed by atoms with Crippen molar-refractivity contribution in [2.75, 3.05) is 6.54 Å². The Labute approximate surface area is 119 Å². The minimum Gasteiger partial charge on any atom is -0.393 e. The summed E-state index contributed by atoms with van der Waals surface area (Å²) in [5.74, 6) is 0.324. The van der Waals surface area contributed by atoms with Crippen LogP contribution in [0.1, 0.15) is 48.9 Å². The average molecular weight is 277 g/mol. The van der Waals surface area contributed by atoms with Gasteiger partial charge in [0.05, 0.1) is 17.9 Å². The minimum atomic E-state index is -0.240. The maximum absolute atomic E-state index is 12.6. The highest BCUT2D eigenvalue weighted by molar-refractivity contribution is 5.94. The highest BCUT2D eigenvalue weighted by Crippen LogP contribution is 2.35. The summed E-state index contributed by atoms with van der Waals surface area (Å²) in [5.41, 5.74) is 0.657. The maximum Gasteiger partial charge on any atom is 0.257 e. The van der Waals surface area contributed by atoms with E-state index in [0.29, 0.717) is 5.56 Å². The summed E-state index contributed by atoms with van der Waals surface area (Å²) in [5, 5.41) is 14.3. The fraction of sp³-hybridized carbons (Fsp3) is 0.733. The second-order valence-corrected chi connectivity index (χ2v) is 6.13. The van der Waals surface area contributed by atoms with Crippen molar-refractivity contribution >= 4 is 5.91 Å². The molecule has 5 heteroatoms. The zero-order valence-electron chi connectivity index (χ0n) is 12.0. The molecule has 20 heavy (non-hydrogen) atoms. The second-order valence-electron chi connectivity index (χ2n) is 6.13. The van der Waals surface area contributed by atoms with Gasteiger partial charge in [0.15, 0.2) is 0 Å². The van der Waals surface area contributed by atoms with E-state index in [1.807, 2.05) is 11.9 Å². The third-order valence-electron chi connectivity index (χ3n) is 4.79. The highest BCUT2D eigenvalue weighted by atomic mass is 16.3. The predicted octanol–water partition coefficient (Wildman–Crippen LogP) is 1.58. The molecule has 1 saturated carbocycles. The van der Waals surface area contributed by atoms with Gasteiger partial charge in [-0.1, -0.05) is 12.8 Å². The van der Waals surface area contributed by atoms with Crippen molar-refractivity contribution in [3.63, 3.8) is 0 Å². The number of aryl methyl sites for hydroxylation is 1. The molecule has 0 bridgehead atoms. The Kier molecular flexibility index (Phi) is 3.78. The standard InChI is InChI=1S/C15H23N3O2/c1-17-10-11(9-16-17)15(20)18-8-4-6-13(18)12-5-2-3-7-14(12)19/h9-10,12-14,19H,2-8H2,1H3. The van der Waals surface area contributed by atoms with Crippen molar-refractivity contribution in [1.82, 2.24) is 14.7 Å². The lowest BCUT2D eigenvalue weighted by atomic mass is 9.80. The number of likely N-dealkylation sites (tertiary alicyclic amines) is 1. The highest BCUT2D eigenvalue weighted by Gasteiger charge is 2.39. The van der Waals surface area contributed by atoms with Gasteiger partial charge in [-0.2, -0.15) is 5.10 Å². The Morgan fingerprint density at radius 1 is 1.30 bits per heavy atom. The van der Waals surface area contributed by atoms with Crippen LogP contribution >= 0.6 is 0 Å². The molecule has 0 spiro atoms. The van der Waals surface area contributed by atoms with Crippen LogP contribution in [0.3, 0.4) is 0 Å². The minimum absolute atomic E-state index is 0.0679. The SMILES string of the molecule is Cn1cc(C(=O)N2CCCC2C2CCCCC2O)cn1. The molecule has 1 amide bonds. The van der Waals surface area contributed by atoms with Crippen LogP contribution in [0, 0.1) is 5.92 Å². The first-order valence-corrected chi connectivity index (χ1v) is 7.64. The van der Waals surface area contributed by atoms with Gasteiger partial charge in [-0.15, -0.1) is 0 Å². The van der Waals surface area contributed by atoms with Gasteiger partial charge in [0, 0.05) is 31.7 Å². The quantitative estimate of drug-likeness (QED) is 0.893. The number of carbonyl (C=O) groups excluding carboxylic acids is 1. The van der Waals surface area contributed by atoms with Gasteiger partial charge >= 0.3 is 0 Å². The van der Waals surface area contributed by atoms with E-state index in [1.165, 1.54) is 6.42 Å². The van der Waals surface area contributed by atoms with Gasteiger partial charge in [0.2, 0.25) is 0 Å². The van der Waals surface area contributed by atoms with E-state index >= 15 is 0 Å². The zero-order valence-corrected chi connectivity index (χ0v) is 12.0. The van der Waals surface area contributed by atoms with Crippen LogP contribution < -0.4 is 0 Å². The van der Waals surface area contributed by atoms with Crippen molar-refractivity contribution in [3.8, 4) is 0 Å². The van der Waals surface area contributed by atoms with E-state index in [0.717, 1.165) is 38.6 Å². The monoisotopic (exact) mass is 277 g/mol. The van der Waals surface area contributed by atoms with Crippen molar-refractivity contribution in [3.05, 3.63) is 18.0 Å². The first-order chi connectivity index (χ1) is 9.66. The van der Waals surface area contributed by atoms with Gasteiger partial charge in [0.1, 0.15) is 0 Å². The van der Waals surface area contributed by atoms with E-state index < -0.39 is 0 Å². The van der Waals surface area contributed by atoms with Crippen LogP contribution in [0.25, 0.3) is 0 Å². The van der Waals surface area contributed by atoms with Gasteiger partial charge in [-0.3, -0.25) is 9.48 Å². The van der Waals surface area contributed by atoms with Crippen molar-refractivity contribution < 1.29 is 9.90 Å². The summed E-state index contributed by atoms with van der Waals surface area (Å²) in [6.07, 6.45) is 9.45. The number of aliphatic hydroxyl groups excluding tert-OH is 1. The molecule has 0 aromatic carbocycles. The van der Waals surface area contributed by atoms with Gasteiger partial charge in [-0.25, -0.2) is 0 Å². The second kappa shape index (κ2) is 5.56. The molecule has 3 rings (SSSR count). The van der Waals surface area contributed by atoms with E-state index in [1.54, 1.807) is 17.1 Å². The topological polar surface area (TPSA) is 58.4 Å². The number of rotatable bonds is 2. The molecule has 5 nitrogen and oxygen atoms in total. The first-order valence-electron chi connectivity index (χ1n) is 7.64. The number of amides is 1. The molecule has 0 radical (unpaired) electrons. The smallest absolute Gasteiger partial charge is 0.257 e. The van der Waals surface area contributed by atoms with Crippen LogP contribution in [0.15, 0.2) is 12.4 Å². The Morgan fingerprint density at radius 3 is 2.80 bits per heavy atom. The van der Waals surface area contributed by atoms with E-state index in [4.69, 9.17) is 0 Å². The van der Waals surface area contributed by atoms with Crippen molar-refractivity contribution in [2.24, 2.45) is 13.0 Å². The molecule has 1 aromatic rings. The van der Waals surface area contributed by atoms with Crippen LogP contribution in [0.2, 0.25) is 0 Å². The van der Waals surface area contributed by atoms with Crippen LogP contribution in [-0.2, 0) is 7.05 Å². The molecule has 2 heterocycles. The Morgan fingerprint density at radius 2 is 2.10 bits per heavy atom. The molecule has 1 aliphatic heterocycles. The van der Waals surface area contributed by atoms with Crippen LogP contribution in [0.5, 0.6) is 0 Å². The predicted molar refractivity (Wildman–Crippen MR) is 75.2 cm³/mol. The van der Waals surface area contributed by atoms with Gasteiger partial charge in [-0.05, 0) is 25.7 Å². The normalized spacial score (nSPS) is 30.7. The van der Waals surface area contributed by atoms with E-state index in [9.17, 15) is 9.90 Å². The number of hydrogen-bond acceptors (Lipinski definition) is 3. The molecule has 110 valence electrons. The van der Waals surface area contributed by atoms with Crippen LogP contribution in [0.4, 0.5) is 0 Å². The Hall–Kier alpha value is -1.36. The third-order valence-corrected chi connectivity index (χ3v) is 4.79. The lowest BCUT2D eigenvalue weighted by Gasteiger charge is -2.37. The summed E-state index contributed by atoms with van der Waals surface area (Å²) in [4.78, 5) is 14.6. The summed E-state index contributed by atoms with van der Waals surface area (Å²) >= 11 is 0. The number of nitrogens with zero attached hydrogens (tertiary/aromatic N) is 3. The molecule has 1 N–H and O–H groups in total. The van der Waals surface area contributed by atoms with Gasteiger partial charge < -0.3 is 10.0 Å². The van der Waals surface area contributed by atoms with Crippen molar-refractivity contribution in [1.29, 1.82) is 0 Å². The summed E-state index contributed by atoms with van der Waals surface area (Å²) < 4.78 is 1.66. The fourth-order valence-electron chi connectivity index (χ4n) is 3.78. The van der Waals surface area contributed by atoms with E-state index in [2.05, 4.69) is 5.10 Å². The first kappa shape index (κ1) is 13.6. The number of aliphatic hydroxyl groups is 1. The number of aromatic nitrogens is 2.